The fourth-order valence-corrected chi connectivity index (χ4v) is 4.80. The summed E-state index contributed by atoms with van der Waals surface area (Å²) in [5.41, 5.74) is -1.69. The third-order valence-corrected chi connectivity index (χ3v) is 7.19. The van der Waals surface area contributed by atoms with Crippen molar-refractivity contribution in [3.63, 3.8) is 0 Å². The normalized spacial score (nSPS) is 13.0. The summed E-state index contributed by atoms with van der Waals surface area (Å²) in [6, 6.07) is 4.62. The molecule has 0 unspecified atom stereocenters. The molecule has 176 valence electrons. The third kappa shape index (κ3) is 5.96. The molecule has 14 nitrogen and oxygen atoms in total. The molecule has 0 aliphatic rings. The Morgan fingerprint density at radius 1 is 1.00 bits per heavy atom. The van der Waals surface area contributed by atoms with Crippen LogP contribution in [-0.4, -0.2) is 56.4 Å². The topological polar surface area (TPSA) is 219 Å². The van der Waals surface area contributed by atoms with E-state index in [1.54, 1.807) is 0 Å². The van der Waals surface area contributed by atoms with Crippen LogP contribution in [0.4, 0.5) is 11.4 Å². The van der Waals surface area contributed by atoms with E-state index in [0.29, 0.717) is 4.57 Å². The van der Waals surface area contributed by atoms with Crippen LogP contribution >= 0.6 is 0 Å². The number of nitrogens with zero attached hydrogens (tertiary/aromatic N) is 3. The van der Waals surface area contributed by atoms with Gasteiger partial charge in [-0.15, -0.1) is 5.11 Å². The monoisotopic (exact) mass is 511 g/mol. The van der Waals surface area contributed by atoms with Gasteiger partial charge in [0.2, 0.25) is 5.88 Å². The van der Waals surface area contributed by atoms with Gasteiger partial charge in [-0.3, -0.25) is 18.5 Å². The smallest absolute Gasteiger partial charge is 0.397 e. The molecule has 0 fully saturated rings. The number of hydrogen-bond acceptors (Lipinski definition) is 11. The highest BCUT2D eigenvalue weighted by Crippen LogP contribution is 2.30. The lowest BCUT2D eigenvalue weighted by molar-refractivity contribution is 0.284. The number of sulfone groups is 1. The molecular formula is C15H17N3O11S3. The zero-order valence-electron chi connectivity index (χ0n) is 16.4. The average molecular weight is 512 g/mol. The van der Waals surface area contributed by atoms with Gasteiger partial charge in [0.25, 0.3) is 15.7 Å². The second kappa shape index (κ2) is 9.04. The first-order valence-electron chi connectivity index (χ1n) is 8.31. The fraction of sp³-hybridized carbons (Fsp3) is 0.267. The number of aromatic hydroxyl groups is 1. The highest BCUT2D eigenvalue weighted by atomic mass is 32.3. The van der Waals surface area contributed by atoms with Crippen molar-refractivity contribution < 1.29 is 43.6 Å². The molecule has 3 N–H and O–H groups in total. The van der Waals surface area contributed by atoms with E-state index in [0.717, 1.165) is 26.1 Å². The predicted molar refractivity (Wildman–Crippen MR) is 108 cm³/mol. The molecule has 1 aromatic heterocycles. The van der Waals surface area contributed by atoms with Crippen molar-refractivity contribution in [2.24, 2.45) is 17.3 Å². The molecule has 2 rings (SSSR count). The number of azo groups is 1. The maximum absolute atomic E-state index is 12.3. The first kappa shape index (κ1) is 25.6. The van der Waals surface area contributed by atoms with Crippen molar-refractivity contribution in [2.45, 2.75) is 16.7 Å². The van der Waals surface area contributed by atoms with Gasteiger partial charge in [-0.2, -0.15) is 21.9 Å². The summed E-state index contributed by atoms with van der Waals surface area (Å²) < 4.78 is 90.6. The number of benzene rings is 1. The third-order valence-electron chi connectivity index (χ3n) is 4.03. The minimum absolute atomic E-state index is 0.0565. The second-order valence-corrected chi connectivity index (χ2v) is 10.8. The SMILES string of the molecule is Cc1c(S(=O)(=O)O)c(O)n(C)c(=O)c1N=Nc1ccc(S(=O)(=O)CCOS(=O)(=O)O)cc1. The highest BCUT2D eigenvalue weighted by molar-refractivity contribution is 7.91. The van der Waals surface area contributed by atoms with E-state index >= 15 is 0 Å². The lowest BCUT2D eigenvalue weighted by Gasteiger charge is -2.11. The van der Waals surface area contributed by atoms with Crippen molar-refractivity contribution in [3.8, 4) is 5.88 Å². The van der Waals surface area contributed by atoms with E-state index < -0.39 is 64.7 Å². The molecule has 0 bridgehead atoms. The summed E-state index contributed by atoms with van der Waals surface area (Å²) in [6.45, 7) is 0.324. The van der Waals surface area contributed by atoms with Crippen molar-refractivity contribution in [1.29, 1.82) is 0 Å². The molecule has 0 atom stereocenters. The second-order valence-electron chi connectivity index (χ2n) is 6.23. The van der Waals surface area contributed by atoms with Crippen LogP contribution in [0.15, 0.2) is 49.1 Å². The van der Waals surface area contributed by atoms with Crippen LogP contribution in [0.3, 0.4) is 0 Å². The highest BCUT2D eigenvalue weighted by Gasteiger charge is 2.26. The number of rotatable bonds is 8. The zero-order valence-corrected chi connectivity index (χ0v) is 18.8. The Balaban J connectivity index is 2.35. The van der Waals surface area contributed by atoms with Crippen LogP contribution in [0.2, 0.25) is 0 Å². The van der Waals surface area contributed by atoms with E-state index in [2.05, 4.69) is 14.4 Å². The van der Waals surface area contributed by atoms with Crippen LogP contribution in [-0.2, 0) is 41.6 Å². The van der Waals surface area contributed by atoms with E-state index in [9.17, 15) is 39.7 Å². The molecule has 0 saturated heterocycles. The summed E-state index contributed by atoms with van der Waals surface area (Å²) >= 11 is 0. The van der Waals surface area contributed by atoms with Crippen molar-refractivity contribution in [2.75, 3.05) is 12.4 Å². The van der Waals surface area contributed by atoms with E-state index in [1.807, 2.05) is 0 Å². The summed E-state index contributed by atoms with van der Waals surface area (Å²) in [4.78, 5) is 11.2. The molecule has 32 heavy (non-hydrogen) atoms. The van der Waals surface area contributed by atoms with E-state index in [-0.39, 0.29) is 16.1 Å². The first-order valence-corrected chi connectivity index (χ1v) is 12.8. The van der Waals surface area contributed by atoms with Crippen LogP contribution in [0.25, 0.3) is 0 Å². The predicted octanol–water partition coefficient (Wildman–Crippen LogP) is 0.655. The first-order chi connectivity index (χ1) is 14.5. The van der Waals surface area contributed by atoms with Gasteiger partial charge < -0.3 is 5.11 Å². The van der Waals surface area contributed by atoms with Crippen LogP contribution in [0, 0.1) is 6.92 Å². The molecule has 0 saturated carbocycles. The maximum atomic E-state index is 12.3. The molecular weight excluding hydrogens is 494 g/mol. The van der Waals surface area contributed by atoms with Crippen LogP contribution in [0.5, 0.6) is 5.88 Å². The largest absolute Gasteiger partial charge is 0.493 e. The van der Waals surface area contributed by atoms with Crippen molar-refractivity contribution >= 4 is 41.7 Å². The molecule has 17 heteroatoms. The van der Waals surface area contributed by atoms with Gasteiger partial charge >= 0.3 is 10.4 Å². The quantitative estimate of drug-likeness (QED) is 0.330. The lowest BCUT2D eigenvalue weighted by atomic mass is 10.2. The van der Waals surface area contributed by atoms with Crippen LogP contribution in [0.1, 0.15) is 5.56 Å². The molecule has 1 heterocycles. The molecule has 2 aromatic rings. The molecule has 0 aliphatic carbocycles. The van der Waals surface area contributed by atoms with Gasteiger partial charge in [-0.05, 0) is 31.2 Å². The van der Waals surface area contributed by atoms with E-state index in [4.69, 9.17) is 4.55 Å². The molecule has 1 aromatic carbocycles. The molecule has 0 amide bonds. The fourth-order valence-electron chi connectivity index (χ4n) is 2.46. The number of aromatic nitrogens is 1. The Bertz CT molecular complexity index is 1440. The summed E-state index contributed by atoms with van der Waals surface area (Å²) in [6.07, 6.45) is 0. The average Bonchev–Trinajstić information content (AvgIpc) is 2.64. The number of pyridine rings is 1. The van der Waals surface area contributed by atoms with Gasteiger partial charge in [0.05, 0.1) is 22.9 Å². The summed E-state index contributed by atoms with van der Waals surface area (Å²) in [5.74, 6) is -1.73. The van der Waals surface area contributed by atoms with Gasteiger partial charge in [0.15, 0.2) is 20.4 Å². The standard InChI is InChI=1S/C15H17N3O11S3/c1-9-12(14(19)18(2)15(20)13(9)31(23,24)25)17-16-10-3-5-11(6-4-10)30(21,22)8-7-29-32(26,27)28/h3-6,20H,7-8H2,1-2H3,(H,23,24,25)(H,26,27,28). The minimum atomic E-state index is -4.89. The maximum Gasteiger partial charge on any atom is 0.397 e. The number of hydrogen-bond donors (Lipinski definition) is 3. The zero-order chi connectivity index (χ0) is 24.5. The summed E-state index contributed by atoms with van der Waals surface area (Å²) in [7, 11) is -12.6. The van der Waals surface area contributed by atoms with E-state index in [1.165, 1.54) is 12.1 Å². The summed E-state index contributed by atoms with van der Waals surface area (Å²) in [5, 5.41) is 17.2. The Kier molecular flexibility index (Phi) is 7.22. The van der Waals surface area contributed by atoms with Gasteiger partial charge in [0, 0.05) is 12.6 Å². The van der Waals surface area contributed by atoms with Gasteiger partial charge in [-0.1, -0.05) is 0 Å². The molecule has 0 radical (unpaired) electrons. The Morgan fingerprint density at radius 3 is 2.06 bits per heavy atom. The molecule has 0 spiro atoms. The lowest BCUT2D eigenvalue weighted by Crippen LogP contribution is -2.20. The van der Waals surface area contributed by atoms with Crippen molar-refractivity contribution in [1.82, 2.24) is 4.57 Å². The van der Waals surface area contributed by atoms with Gasteiger partial charge in [0.1, 0.15) is 0 Å². The Morgan fingerprint density at radius 2 is 1.56 bits per heavy atom. The van der Waals surface area contributed by atoms with Gasteiger partial charge in [-0.25, -0.2) is 12.6 Å². The van der Waals surface area contributed by atoms with Crippen molar-refractivity contribution in [3.05, 3.63) is 40.2 Å². The molecule has 0 aliphatic heterocycles. The Labute approximate surface area is 182 Å². The Hall–Kier alpha value is -2.70. The minimum Gasteiger partial charge on any atom is -0.493 e. The van der Waals surface area contributed by atoms with Crippen LogP contribution < -0.4 is 5.56 Å².